The SMILES string of the molecule is COc1ccc(NC(=O)Cc2ccc(OC(F)F)cc2)cc1-n1nnnc1C. The number of carbonyl (C=O) groups is 1. The third kappa shape index (κ3) is 4.58. The Hall–Kier alpha value is -3.56. The van der Waals surface area contributed by atoms with E-state index in [0.29, 0.717) is 28.5 Å². The van der Waals surface area contributed by atoms with Crippen molar-refractivity contribution in [1.82, 2.24) is 20.2 Å². The summed E-state index contributed by atoms with van der Waals surface area (Å²) in [6, 6.07) is 11.0. The van der Waals surface area contributed by atoms with Crippen LogP contribution in [0.15, 0.2) is 42.5 Å². The molecule has 0 spiro atoms. The number of tetrazole rings is 1. The van der Waals surface area contributed by atoms with Crippen LogP contribution in [0.3, 0.4) is 0 Å². The number of carbonyl (C=O) groups excluding carboxylic acids is 1. The Balaban J connectivity index is 1.71. The second kappa shape index (κ2) is 8.42. The molecule has 3 rings (SSSR count). The molecule has 0 aliphatic rings. The molecule has 0 aliphatic carbocycles. The smallest absolute Gasteiger partial charge is 0.387 e. The van der Waals surface area contributed by atoms with Crippen molar-refractivity contribution in [1.29, 1.82) is 0 Å². The van der Waals surface area contributed by atoms with E-state index >= 15 is 0 Å². The number of nitrogens with zero attached hydrogens (tertiary/aromatic N) is 4. The zero-order valence-corrected chi connectivity index (χ0v) is 15.1. The Bertz CT molecular complexity index is 960. The number of benzene rings is 2. The minimum Gasteiger partial charge on any atom is -0.494 e. The maximum atomic E-state index is 12.3. The highest BCUT2D eigenvalue weighted by atomic mass is 19.3. The minimum absolute atomic E-state index is 0.0377. The topological polar surface area (TPSA) is 91.2 Å². The summed E-state index contributed by atoms with van der Waals surface area (Å²) in [7, 11) is 1.53. The van der Waals surface area contributed by atoms with Crippen LogP contribution in [0.4, 0.5) is 14.5 Å². The van der Waals surface area contributed by atoms with Crippen LogP contribution in [0.2, 0.25) is 0 Å². The number of hydrogen-bond acceptors (Lipinski definition) is 6. The van der Waals surface area contributed by atoms with Crippen molar-refractivity contribution in [2.24, 2.45) is 0 Å². The lowest BCUT2D eigenvalue weighted by Crippen LogP contribution is -2.15. The van der Waals surface area contributed by atoms with Gasteiger partial charge in [0.1, 0.15) is 17.2 Å². The summed E-state index contributed by atoms with van der Waals surface area (Å²) in [6.07, 6.45) is 0.0697. The first-order valence-corrected chi connectivity index (χ1v) is 8.23. The zero-order valence-electron chi connectivity index (χ0n) is 15.1. The molecule has 146 valence electrons. The van der Waals surface area contributed by atoms with Crippen LogP contribution in [0, 0.1) is 6.92 Å². The van der Waals surface area contributed by atoms with Crippen molar-refractivity contribution >= 4 is 11.6 Å². The van der Waals surface area contributed by atoms with E-state index in [9.17, 15) is 13.6 Å². The molecule has 0 fully saturated rings. The summed E-state index contributed by atoms with van der Waals surface area (Å²) in [4.78, 5) is 12.3. The normalized spacial score (nSPS) is 10.8. The van der Waals surface area contributed by atoms with Gasteiger partial charge in [0, 0.05) is 5.69 Å². The highest BCUT2D eigenvalue weighted by molar-refractivity contribution is 5.92. The van der Waals surface area contributed by atoms with Gasteiger partial charge >= 0.3 is 6.61 Å². The van der Waals surface area contributed by atoms with E-state index in [2.05, 4.69) is 25.6 Å². The first kappa shape index (κ1) is 19.2. The van der Waals surface area contributed by atoms with Crippen molar-refractivity contribution < 1.29 is 23.0 Å². The molecule has 0 saturated carbocycles. The van der Waals surface area contributed by atoms with E-state index < -0.39 is 6.61 Å². The molecule has 0 bridgehead atoms. The van der Waals surface area contributed by atoms with Gasteiger partial charge in [-0.25, -0.2) is 0 Å². The number of halogens is 2. The summed E-state index contributed by atoms with van der Waals surface area (Å²) in [5.41, 5.74) is 1.77. The standard InChI is InChI=1S/C18H17F2N5O3/c1-11-22-23-24-25(11)15-10-13(5-8-16(15)27-2)21-17(26)9-12-3-6-14(7-4-12)28-18(19)20/h3-8,10,18H,9H2,1-2H3,(H,21,26). The van der Waals surface area contributed by atoms with Gasteiger partial charge in [-0.3, -0.25) is 4.79 Å². The number of methoxy groups -OCH3 is 1. The van der Waals surface area contributed by atoms with Gasteiger partial charge in [-0.1, -0.05) is 12.1 Å². The fourth-order valence-corrected chi connectivity index (χ4v) is 2.57. The lowest BCUT2D eigenvalue weighted by atomic mass is 10.1. The van der Waals surface area contributed by atoms with Crippen molar-refractivity contribution in [3.63, 3.8) is 0 Å². The van der Waals surface area contributed by atoms with Crippen molar-refractivity contribution in [2.45, 2.75) is 20.0 Å². The summed E-state index contributed by atoms with van der Waals surface area (Å²) in [6.45, 7) is -1.14. The molecule has 1 aromatic heterocycles. The van der Waals surface area contributed by atoms with Crippen LogP contribution in [0.1, 0.15) is 11.4 Å². The Kier molecular flexibility index (Phi) is 5.78. The summed E-state index contributed by atoms with van der Waals surface area (Å²) < 4.78 is 35.5. The highest BCUT2D eigenvalue weighted by Gasteiger charge is 2.13. The fraction of sp³-hybridized carbons (Fsp3) is 0.222. The number of amides is 1. The van der Waals surface area contributed by atoms with Gasteiger partial charge in [-0.2, -0.15) is 13.5 Å². The Morgan fingerprint density at radius 2 is 1.96 bits per heavy atom. The van der Waals surface area contributed by atoms with Gasteiger partial charge in [0.05, 0.1) is 13.5 Å². The Labute approximate surface area is 159 Å². The van der Waals surface area contributed by atoms with Crippen LogP contribution in [0.25, 0.3) is 5.69 Å². The maximum Gasteiger partial charge on any atom is 0.387 e. The van der Waals surface area contributed by atoms with Gasteiger partial charge in [-0.05, 0) is 53.2 Å². The zero-order chi connectivity index (χ0) is 20.1. The first-order valence-electron chi connectivity index (χ1n) is 8.23. The van der Waals surface area contributed by atoms with Gasteiger partial charge in [0.2, 0.25) is 5.91 Å². The number of nitrogens with one attached hydrogen (secondary N) is 1. The molecule has 3 aromatic rings. The number of anilines is 1. The van der Waals surface area contributed by atoms with Crippen LogP contribution in [-0.4, -0.2) is 39.8 Å². The Morgan fingerprint density at radius 3 is 2.57 bits per heavy atom. The second-order valence-electron chi connectivity index (χ2n) is 5.77. The van der Waals surface area contributed by atoms with Crippen molar-refractivity contribution in [3.05, 3.63) is 53.9 Å². The molecule has 1 heterocycles. The van der Waals surface area contributed by atoms with Crippen LogP contribution < -0.4 is 14.8 Å². The minimum atomic E-state index is -2.89. The molecule has 1 amide bonds. The summed E-state index contributed by atoms with van der Waals surface area (Å²) in [5, 5.41) is 14.1. The van der Waals surface area contributed by atoms with Gasteiger partial charge in [-0.15, -0.1) is 5.10 Å². The lowest BCUT2D eigenvalue weighted by Gasteiger charge is -2.12. The molecule has 28 heavy (non-hydrogen) atoms. The fourth-order valence-electron chi connectivity index (χ4n) is 2.57. The average Bonchev–Trinajstić information content (AvgIpc) is 3.08. The number of aromatic nitrogens is 4. The van der Waals surface area contributed by atoms with Crippen LogP contribution in [0.5, 0.6) is 11.5 Å². The van der Waals surface area contributed by atoms with E-state index in [1.165, 1.54) is 23.9 Å². The highest BCUT2D eigenvalue weighted by Crippen LogP contribution is 2.26. The third-order valence-electron chi connectivity index (χ3n) is 3.83. The molecule has 0 radical (unpaired) electrons. The predicted molar refractivity (Wildman–Crippen MR) is 95.9 cm³/mol. The Morgan fingerprint density at radius 1 is 1.21 bits per heavy atom. The molecule has 0 unspecified atom stereocenters. The second-order valence-corrected chi connectivity index (χ2v) is 5.77. The molecule has 0 atom stereocenters. The summed E-state index contributed by atoms with van der Waals surface area (Å²) >= 11 is 0. The van der Waals surface area contributed by atoms with Gasteiger partial charge in [0.15, 0.2) is 5.82 Å². The number of ether oxygens (including phenoxy) is 2. The number of aryl methyl sites for hydroxylation is 1. The molecule has 2 aromatic carbocycles. The first-order chi connectivity index (χ1) is 13.5. The van der Waals surface area contributed by atoms with Crippen molar-refractivity contribution in [2.75, 3.05) is 12.4 Å². The maximum absolute atomic E-state index is 12.3. The van der Waals surface area contributed by atoms with E-state index in [-0.39, 0.29) is 18.1 Å². The predicted octanol–water partition coefficient (Wildman–Crippen LogP) is 2.76. The van der Waals surface area contributed by atoms with E-state index in [1.807, 2.05) is 0 Å². The quantitative estimate of drug-likeness (QED) is 0.668. The number of hydrogen-bond donors (Lipinski definition) is 1. The summed E-state index contributed by atoms with van der Waals surface area (Å²) in [5.74, 6) is 0.874. The average molecular weight is 389 g/mol. The molecule has 0 saturated heterocycles. The molecule has 8 nitrogen and oxygen atoms in total. The third-order valence-corrected chi connectivity index (χ3v) is 3.83. The molecular formula is C18H17F2N5O3. The van der Waals surface area contributed by atoms with Crippen molar-refractivity contribution in [3.8, 4) is 17.2 Å². The molecule has 0 aliphatic heterocycles. The lowest BCUT2D eigenvalue weighted by molar-refractivity contribution is -0.115. The molecular weight excluding hydrogens is 372 g/mol. The monoisotopic (exact) mass is 389 g/mol. The molecule has 10 heteroatoms. The van der Waals surface area contributed by atoms with Gasteiger partial charge in [0.25, 0.3) is 0 Å². The molecule has 1 N–H and O–H groups in total. The van der Waals surface area contributed by atoms with Crippen LogP contribution in [-0.2, 0) is 11.2 Å². The number of rotatable bonds is 7. The van der Waals surface area contributed by atoms with E-state index in [4.69, 9.17) is 4.74 Å². The van der Waals surface area contributed by atoms with Gasteiger partial charge < -0.3 is 14.8 Å². The number of alkyl halides is 2. The van der Waals surface area contributed by atoms with Crippen LogP contribution >= 0.6 is 0 Å². The van der Waals surface area contributed by atoms with E-state index in [0.717, 1.165) is 0 Å². The largest absolute Gasteiger partial charge is 0.494 e. The van der Waals surface area contributed by atoms with E-state index in [1.54, 1.807) is 37.3 Å².